The smallest absolute Gasteiger partial charge is 0.253 e. The molecule has 1 rings (SSSR count). The topological polar surface area (TPSA) is 87.4 Å². The van der Waals surface area contributed by atoms with Crippen molar-refractivity contribution in [2.75, 3.05) is 24.1 Å². The van der Waals surface area contributed by atoms with Crippen LogP contribution in [0.25, 0.3) is 0 Å². The van der Waals surface area contributed by atoms with Gasteiger partial charge in [-0.1, -0.05) is 0 Å². The fourth-order valence-electron chi connectivity index (χ4n) is 1.58. The van der Waals surface area contributed by atoms with Gasteiger partial charge in [0.1, 0.15) is 0 Å². The Balaban J connectivity index is 2.79. The van der Waals surface area contributed by atoms with Gasteiger partial charge in [0.05, 0.1) is 11.7 Å². The van der Waals surface area contributed by atoms with Gasteiger partial charge >= 0.3 is 0 Å². The molecular formula is C13H21N3O2. The standard InChI is InChI=1S/C13H21N3O2/c1-3-15-13(18)11-5-4-10(14)8-12(11)16-7-6-9(2)17/h4-5,8-9,16-17H,3,6-7,14H2,1-2H3,(H,15,18). The van der Waals surface area contributed by atoms with Gasteiger partial charge in [-0.3, -0.25) is 4.79 Å². The van der Waals surface area contributed by atoms with Crippen LogP contribution < -0.4 is 16.4 Å². The number of aliphatic hydroxyl groups is 1. The summed E-state index contributed by atoms with van der Waals surface area (Å²) in [6, 6.07) is 5.13. The first-order chi connectivity index (χ1) is 8.54. The number of carbonyl (C=O) groups is 1. The number of hydrogen-bond donors (Lipinski definition) is 4. The predicted molar refractivity (Wildman–Crippen MR) is 73.6 cm³/mol. The highest BCUT2D eigenvalue weighted by molar-refractivity contribution is 6.00. The van der Waals surface area contributed by atoms with Crippen LogP contribution in [-0.4, -0.2) is 30.2 Å². The lowest BCUT2D eigenvalue weighted by Gasteiger charge is -2.13. The van der Waals surface area contributed by atoms with Gasteiger partial charge in [-0.2, -0.15) is 0 Å². The molecule has 5 nitrogen and oxygen atoms in total. The van der Waals surface area contributed by atoms with E-state index in [2.05, 4.69) is 10.6 Å². The van der Waals surface area contributed by atoms with Crippen molar-refractivity contribution in [1.29, 1.82) is 0 Å². The van der Waals surface area contributed by atoms with Crippen LogP contribution in [0.4, 0.5) is 11.4 Å². The molecule has 0 saturated carbocycles. The molecule has 5 heteroatoms. The summed E-state index contributed by atoms with van der Waals surface area (Å²) in [6.45, 7) is 4.77. The molecule has 1 amide bonds. The van der Waals surface area contributed by atoms with Gasteiger partial charge in [0, 0.05) is 24.5 Å². The van der Waals surface area contributed by atoms with Crippen LogP contribution in [-0.2, 0) is 0 Å². The molecule has 5 N–H and O–H groups in total. The number of rotatable bonds is 6. The monoisotopic (exact) mass is 251 g/mol. The first-order valence-corrected chi connectivity index (χ1v) is 6.14. The summed E-state index contributed by atoms with van der Waals surface area (Å²) in [4.78, 5) is 11.8. The second-order valence-electron chi connectivity index (χ2n) is 4.23. The largest absolute Gasteiger partial charge is 0.399 e. The van der Waals surface area contributed by atoms with Crippen molar-refractivity contribution < 1.29 is 9.90 Å². The van der Waals surface area contributed by atoms with Gasteiger partial charge in [-0.15, -0.1) is 0 Å². The van der Waals surface area contributed by atoms with E-state index in [1.807, 2.05) is 6.92 Å². The summed E-state index contributed by atoms with van der Waals surface area (Å²) in [5, 5.41) is 15.1. The molecule has 1 atom stereocenters. The Morgan fingerprint density at radius 3 is 2.83 bits per heavy atom. The summed E-state index contributed by atoms with van der Waals surface area (Å²) < 4.78 is 0. The van der Waals surface area contributed by atoms with E-state index < -0.39 is 0 Å². The SMILES string of the molecule is CCNC(=O)c1ccc(N)cc1NCCC(C)O. The van der Waals surface area contributed by atoms with Crippen molar-refractivity contribution in [3.05, 3.63) is 23.8 Å². The van der Waals surface area contributed by atoms with E-state index in [9.17, 15) is 9.90 Å². The second kappa shape index (κ2) is 6.86. The van der Waals surface area contributed by atoms with Crippen LogP contribution in [0.1, 0.15) is 30.6 Å². The van der Waals surface area contributed by atoms with Crippen molar-refractivity contribution >= 4 is 17.3 Å². The third kappa shape index (κ3) is 4.25. The van der Waals surface area contributed by atoms with Crippen LogP contribution in [0.2, 0.25) is 0 Å². The number of carbonyl (C=O) groups excluding carboxylic acids is 1. The number of hydrogen-bond acceptors (Lipinski definition) is 4. The number of aliphatic hydroxyl groups excluding tert-OH is 1. The van der Waals surface area contributed by atoms with Crippen LogP contribution in [0, 0.1) is 0 Å². The van der Waals surface area contributed by atoms with Gasteiger partial charge < -0.3 is 21.5 Å². The fraction of sp³-hybridized carbons (Fsp3) is 0.462. The summed E-state index contributed by atoms with van der Waals surface area (Å²) in [7, 11) is 0. The molecule has 0 fully saturated rings. The highest BCUT2D eigenvalue weighted by atomic mass is 16.3. The zero-order valence-corrected chi connectivity index (χ0v) is 10.9. The van der Waals surface area contributed by atoms with Crippen molar-refractivity contribution in [3.8, 4) is 0 Å². The highest BCUT2D eigenvalue weighted by Gasteiger charge is 2.10. The number of nitrogens with one attached hydrogen (secondary N) is 2. The highest BCUT2D eigenvalue weighted by Crippen LogP contribution is 2.19. The molecule has 1 unspecified atom stereocenters. The second-order valence-corrected chi connectivity index (χ2v) is 4.23. The predicted octanol–water partition coefficient (Wildman–Crippen LogP) is 1.20. The van der Waals surface area contributed by atoms with E-state index in [-0.39, 0.29) is 12.0 Å². The molecule has 1 aromatic carbocycles. The third-order valence-electron chi connectivity index (χ3n) is 2.50. The quantitative estimate of drug-likeness (QED) is 0.572. The van der Waals surface area contributed by atoms with Crippen LogP contribution >= 0.6 is 0 Å². The number of nitrogens with two attached hydrogens (primary N) is 1. The third-order valence-corrected chi connectivity index (χ3v) is 2.50. The minimum atomic E-state index is -0.369. The zero-order chi connectivity index (χ0) is 13.5. The Morgan fingerprint density at radius 2 is 2.22 bits per heavy atom. The lowest BCUT2D eigenvalue weighted by atomic mass is 10.1. The minimum absolute atomic E-state index is 0.128. The summed E-state index contributed by atoms with van der Waals surface area (Å²) in [5.74, 6) is -0.128. The van der Waals surface area contributed by atoms with Gasteiger partial charge in [-0.05, 0) is 38.5 Å². The molecule has 100 valence electrons. The Bertz CT molecular complexity index is 405. The molecule has 18 heavy (non-hydrogen) atoms. The summed E-state index contributed by atoms with van der Waals surface area (Å²) in [6.07, 6.45) is 0.246. The first kappa shape index (κ1) is 14.3. The number of benzene rings is 1. The van der Waals surface area contributed by atoms with Crippen LogP contribution in [0.5, 0.6) is 0 Å². The lowest BCUT2D eigenvalue weighted by Crippen LogP contribution is -2.24. The van der Waals surface area contributed by atoms with E-state index in [1.54, 1.807) is 25.1 Å². The maximum absolute atomic E-state index is 11.8. The minimum Gasteiger partial charge on any atom is -0.399 e. The van der Waals surface area contributed by atoms with Gasteiger partial charge in [0.25, 0.3) is 5.91 Å². The van der Waals surface area contributed by atoms with E-state index in [0.29, 0.717) is 36.4 Å². The van der Waals surface area contributed by atoms with Gasteiger partial charge in [0.2, 0.25) is 0 Å². The molecule has 0 heterocycles. The van der Waals surface area contributed by atoms with Crippen LogP contribution in [0.3, 0.4) is 0 Å². The Kier molecular flexibility index (Phi) is 5.45. The molecule has 0 spiro atoms. The molecule has 0 bridgehead atoms. The van der Waals surface area contributed by atoms with Crippen LogP contribution in [0.15, 0.2) is 18.2 Å². The Labute approximate surface area is 107 Å². The Hall–Kier alpha value is -1.75. The van der Waals surface area contributed by atoms with Gasteiger partial charge in [0.15, 0.2) is 0 Å². The number of nitrogen functional groups attached to an aromatic ring is 1. The van der Waals surface area contributed by atoms with E-state index in [0.717, 1.165) is 0 Å². The van der Waals surface area contributed by atoms with Crippen molar-refractivity contribution in [2.45, 2.75) is 26.4 Å². The molecule has 0 aliphatic rings. The summed E-state index contributed by atoms with van der Waals surface area (Å²) >= 11 is 0. The molecule has 1 aromatic rings. The maximum Gasteiger partial charge on any atom is 0.253 e. The zero-order valence-electron chi connectivity index (χ0n) is 10.9. The molecule has 0 saturated heterocycles. The fourth-order valence-corrected chi connectivity index (χ4v) is 1.58. The normalized spacial score (nSPS) is 11.9. The summed E-state index contributed by atoms with van der Waals surface area (Å²) in [5.41, 5.74) is 7.57. The van der Waals surface area contributed by atoms with Crippen molar-refractivity contribution in [2.24, 2.45) is 0 Å². The maximum atomic E-state index is 11.8. The average Bonchev–Trinajstić information content (AvgIpc) is 2.29. The van der Waals surface area contributed by atoms with E-state index in [1.165, 1.54) is 0 Å². The van der Waals surface area contributed by atoms with Crippen molar-refractivity contribution in [1.82, 2.24) is 5.32 Å². The molecule has 0 aliphatic carbocycles. The Morgan fingerprint density at radius 1 is 1.50 bits per heavy atom. The average molecular weight is 251 g/mol. The number of amides is 1. The molecule has 0 radical (unpaired) electrons. The lowest BCUT2D eigenvalue weighted by molar-refractivity contribution is 0.0956. The van der Waals surface area contributed by atoms with Gasteiger partial charge in [-0.25, -0.2) is 0 Å². The number of anilines is 2. The molecular weight excluding hydrogens is 230 g/mol. The molecule has 0 aliphatic heterocycles. The van der Waals surface area contributed by atoms with E-state index >= 15 is 0 Å². The van der Waals surface area contributed by atoms with E-state index in [4.69, 9.17) is 5.73 Å². The molecule has 0 aromatic heterocycles. The first-order valence-electron chi connectivity index (χ1n) is 6.14. The van der Waals surface area contributed by atoms with Crippen molar-refractivity contribution in [3.63, 3.8) is 0 Å².